The molecule has 0 saturated heterocycles. The fraction of sp³-hybridized carbons (Fsp3) is 0.143. The highest BCUT2D eigenvalue weighted by Gasteiger charge is 2.09. The molecule has 0 saturated carbocycles. The lowest BCUT2D eigenvalue weighted by atomic mass is 10.4. The first-order valence-electron chi connectivity index (χ1n) is 3.47. The number of pyridine rings is 1. The van der Waals surface area contributed by atoms with E-state index < -0.39 is 16.7 Å². The van der Waals surface area contributed by atoms with Crippen molar-refractivity contribution >= 4 is 22.4 Å². The number of nitrogens with two attached hydrogens (primary N) is 2. The molecular formula is C7H9N3O2S. The molecule has 0 spiro atoms. The molecule has 1 rings (SSSR count). The van der Waals surface area contributed by atoms with Crippen molar-refractivity contribution in [3.8, 4) is 0 Å². The summed E-state index contributed by atoms with van der Waals surface area (Å²) in [7, 11) is -1.46. The molecule has 1 amide bonds. The zero-order chi connectivity index (χ0) is 9.84. The minimum atomic E-state index is -1.46. The van der Waals surface area contributed by atoms with Gasteiger partial charge in [0, 0.05) is 6.20 Å². The van der Waals surface area contributed by atoms with Crippen LogP contribution in [-0.4, -0.2) is 20.9 Å². The van der Waals surface area contributed by atoms with Crippen molar-refractivity contribution in [2.75, 3.05) is 11.5 Å². The Kier molecular flexibility index (Phi) is 2.97. The zero-order valence-electron chi connectivity index (χ0n) is 6.77. The first kappa shape index (κ1) is 9.66. The number of nitrogens with zero attached hydrogens (tertiary/aromatic N) is 1. The van der Waals surface area contributed by atoms with Gasteiger partial charge in [-0.15, -0.1) is 0 Å². The molecule has 5 nitrogen and oxygen atoms in total. The van der Waals surface area contributed by atoms with Crippen LogP contribution in [0, 0.1) is 0 Å². The van der Waals surface area contributed by atoms with E-state index in [4.69, 9.17) is 11.5 Å². The van der Waals surface area contributed by atoms with E-state index in [-0.39, 0.29) is 5.75 Å². The summed E-state index contributed by atoms with van der Waals surface area (Å²) in [6.07, 6.45) is 2.85. The maximum absolute atomic E-state index is 11.4. The first-order valence-corrected chi connectivity index (χ1v) is 4.79. The lowest BCUT2D eigenvalue weighted by Gasteiger charge is -2.01. The Bertz CT molecular complexity index is 353. The number of anilines is 1. The molecule has 1 heterocycles. The quantitative estimate of drug-likeness (QED) is 0.669. The second-order valence-electron chi connectivity index (χ2n) is 2.37. The minimum Gasteiger partial charge on any atom is -0.396 e. The van der Waals surface area contributed by atoms with E-state index in [2.05, 4.69) is 4.98 Å². The number of carbonyl (C=O) groups is 1. The number of amides is 1. The van der Waals surface area contributed by atoms with Crippen LogP contribution in [0.1, 0.15) is 0 Å². The molecule has 1 atom stereocenters. The summed E-state index contributed by atoms with van der Waals surface area (Å²) in [5.74, 6) is -0.830. The molecule has 1 aromatic heterocycles. The molecule has 1 aromatic rings. The molecule has 1 unspecified atom stereocenters. The Hall–Kier alpha value is -1.43. The first-order chi connectivity index (χ1) is 6.11. The van der Waals surface area contributed by atoms with Gasteiger partial charge in [0.2, 0.25) is 5.91 Å². The van der Waals surface area contributed by atoms with Crippen molar-refractivity contribution < 1.29 is 9.00 Å². The molecule has 0 bridgehead atoms. The lowest BCUT2D eigenvalue weighted by Crippen LogP contribution is -2.19. The molecule has 0 radical (unpaired) electrons. The highest BCUT2D eigenvalue weighted by Crippen LogP contribution is 2.13. The van der Waals surface area contributed by atoms with E-state index in [0.717, 1.165) is 0 Å². The van der Waals surface area contributed by atoms with Gasteiger partial charge in [-0.05, 0) is 6.07 Å². The Morgan fingerprint density at radius 3 is 2.85 bits per heavy atom. The van der Waals surface area contributed by atoms with Crippen molar-refractivity contribution in [3.05, 3.63) is 18.5 Å². The number of aromatic nitrogens is 1. The fourth-order valence-electron chi connectivity index (χ4n) is 0.808. The van der Waals surface area contributed by atoms with E-state index in [9.17, 15) is 9.00 Å². The predicted molar refractivity (Wildman–Crippen MR) is 49.1 cm³/mol. The van der Waals surface area contributed by atoms with Gasteiger partial charge in [-0.3, -0.25) is 14.0 Å². The topological polar surface area (TPSA) is 99.1 Å². The number of nitrogen functional groups attached to an aromatic ring is 1. The summed E-state index contributed by atoms with van der Waals surface area (Å²) in [4.78, 5) is 14.6. The number of hydrogen-bond acceptors (Lipinski definition) is 4. The van der Waals surface area contributed by atoms with Gasteiger partial charge in [-0.1, -0.05) is 0 Å². The molecule has 0 aromatic carbocycles. The van der Waals surface area contributed by atoms with Crippen LogP contribution < -0.4 is 11.5 Å². The van der Waals surface area contributed by atoms with E-state index in [1.54, 1.807) is 0 Å². The maximum atomic E-state index is 11.4. The zero-order valence-corrected chi connectivity index (χ0v) is 7.58. The van der Waals surface area contributed by atoms with Crippen LogP contribution in [0.2, 0.25) is 0 Å². The Balaban J connectivity index is 2.89. The standard InChI is InChI=1S/C7H9N3O2S/c8-5-3-10-2-1-6(5)13(12)4-7(9)11/h1-3H,4,8H2,(H2,9,11). The largest absolute Gasteiger partial charge is 0.396 e. The molecule has 70 valence electrons. The van der Waals surface area contributed by atoms with Crippen LogP contribution in [0.4, 0.5) is 5.69 Å². The third-order valence-corrected chi connectivity index (χ3v) is 2.74. The second-order valence-corrected chi connectivity index (χ2v) is 3.79. The van der Waals surface area contributed by atoms with Crippen molar-refractivity contribution in [2.24, 2.45) is 5.73 Å². The van der Waals surface area contributed by atoms with E-state index in [1.165, 1.54) is 18.5 Å². The summed E-state index contributed by atoms with van der Waals surface area (Å²) < 4.78 is 11.4. The van der Waals surface area contributed by atoms with Gasteiger partial charge in [0.05, 0.1) is 27.6 Å². The lowest BCUT2D eigenvalue weighted by molar-refractivity contribution is -0.115. The van der Waals surface area contributed by atoms with Crippen LogP contribution >= 0.6 is 0 Å². The normalized spacial score (nSPS) is 12.3. The van der Waals surface area contributed by atoms with Gasteiger partial charge in [-0.25, -0.2) is 0 Å². The Morgan fingerprint density at radius 1 is 1.62 bits per heavy atom. The predicted octanol–water partition coefficient (Wildman–Crippen LogP) is -0.743. The number of primary amides is 1. The molecule has 0 aliphatic heterocycles. The summed E-state index contributed by atoms with van der Waals surface area (Å²) >= 11 is 0. The van der Waals surface area contributed by atoms with Crippen molar-refractivity contribution in [2.45, 2.75) is 4.90 Å². The second kappa shape index (κ2) is 3.99. The van der Waals surface area contributed by atoms with Crippen LogP contribution in [0.15, 0.2) is 23.4 Å². The Labute approximate surface area is 77.6 Å². The van der Waals surface area contributed by atoms with Gasteiger partial charge in [0.1, 0.15) is 5.75 Å². The molecule has 4 N–H and O–H groups in total. The van der Waals surface area contributed by atoms with Crippen molar-refractivity contribution in [1.29, 1.82) is 0 Å². The van der Waals surface area contributed by atoms with E-state index in [1.807, 2.05) is 0 Å². The summed E-state index contributed by atoms with van der Waals surface area (Å²) in [6.45, 7) is 0. The fourth-order valence-corrected chi connectivity index (χ4v) is 1.75. The van der Waals surface area contributed by atoms with Crippen LogP contribution in [-0.2, 0) is 15.6 Å². The van der Waals surface area contributed by atoms with Crippen LogP contribution in [0.25, 0.3) is 0 Å². The SMILES string of the molecule is NC(=O)CS(=O)c1ccncc1N. The molecule has 6 heteroatoms. The third kappa shape index (κ3) is 2.51. The Morgan fingerprint density at radius 2 is 2.31 bits per heavy atom. The minimum absolute atomic E-state index is 0.214. The number of hydrogen-bond donors (Lipinski definition) is 2. The van der Waals surface area contributed by atoms with Gasteiger partial charge in [0.15, 0.2) is 0 Å². The number of carbonyl (C=O) groups excluding carboxylic acids is 1. The highest BCUT2D eigenvalue weighted by atomic mass is 32.2. The summed E-state index contributed by atoms with van der Waals surface area (Å²) in [5, 5.41) is 0. The van der Waals surface area contributed by atoms with Gasteiger partial charge >= 0.3 is 0 Å². The van der Waals surface area contributed by atoms with E-state index in [0.29, 0.717) is 10.6 Å². The van der Waals surface area contributed by atoms with Gasteiger partial charge < -0.3 is 11.5 Å². The van der Waals surface area contributed by atoms with Crippen molar-refractivity contribution in [1.82, 2.24) is 4.98 Å². The average molecular weight is 199 g/mol. The monoisotopic (exact) mass is 199 g/mol. The van der Waals surface area contributed by atoms with E-state index >= 15 is 0 Å². The molecule has 0 aliphatic carbocycles. The van der Waals surface area contributed by atoms with Crippen LogP contribution in [0.3, 0.4) is 0 Å². The smallest absolute Gasteiger partial charge is 0.230 e. The van der Waals surface area contributed by atoms with Gasteiger partial charge in [0.25, 0.3) is 0 Å². The van der Waals surface area contributed by atoms with Gasteiger partial charge in [-0.2, -0.15) is 0 Å². The molecule has 0 fully saturated rings. The van der Waals surface area contributed by atoms with Crippen LogP contribution in [0.5, 0.6) is 0 Å². The summed E-state index contributed by atoms with van der Waals surface area (Å²) in [5.41, 5.74) is 10.7. The molecule has 0 aliphatic rings. The summed E-state index contributed by atoms with van der Waals surface area (Å²) in [6, 6.07) is 1.51. The molecule has 13 heavy (non-hydrogen) atoms. The average Bonchev–Trinajstić information content (AvgIpc) is 2.03. The van der Waals surface area contributed by atoms with Crippen molar-refractivity contribution in [3.63, 3.8) is 0 Å². The highest BCUT2D eigenvalue weighted by molar-refractivity contribution is 7.86. The maximum Gasteiger partial charge on any atom is 0.230 e. The number of rotatable bonds is 3. The molecular weight excluding hydrogens is 190 g/mol. The third-order valence-electron chi connectivity index (χ3n) is 1.33.